The molecule has 0 bridgehead atoms. The first-order chi connectivity index (χ1) is 6.66. The van der Waals surface area contributed by atoms with Crippen molar-refractivity contribution in [3.8, 4) is 0 Å². The standard InChI is InChI=1S/C6H13NO2.C3H6.C2H6/c1-4-7-6(8)9-5(2)3;1-2-3-1;1-2/h5H,4H2,1-3H3,(H,7,8);1-3H2;1-2H3. The van der Waals surface area contributed by atoms with Crippen molar-refractivity contribution in [3.05, 3.63) is 0 Å². The lowest BCUT2D eigenvalue weighted by Crippen LogP contribution is -2.26. The van der Waals surface area contributed by atoms with Gasteiger partial charge in [0.05, 0.1) is 6.10 Å². The maximum absolute atomic E-state index is 10.5. The van der Waals surface area contributed by atoms with Gasteiger partial charge in [0.25, 0.3) is 0 Å². The summed E-state index contributed by atoms with van der Waals surface area (Å²) in [5.41, 5.74) is 0. The molecule has 0 atom stereocenters. The van der Waals surface area contributed by atoms with E-state index >= 15 is 0 Å². The predicted octanol–water partition coefficient (Wildman–Crippen LogP) is 3.34. The van der Waals surface area contributed by atoms with E-state index in [0.29, 0.717) is 6.54 Å². The van der Waals surface area contributed by atoms with Gasteiger partial charge in [0.2, 0.25) is 0 Å². The number of rotatable bonds is 2. The SMILES string of the molecule is C1CC1.CC.CCNC(=O)OC(C)C. The Kier molecular flexibility index (Phi) is 13.8. The highest BCUT2D eigenvalue weighted by molar-refractivity contribution is 5.67. The van der Waals surface area contributed by atoms with Gasteiger partial charge in [0, 0.05) is 6.54 Å². The number of carbonyl (C=O) groups is 1. The fourth-order valence-electron chi connectivity index (χ4n) is 0.400. The van der Waals surface area contributed by atoms with Crippen molar-refractivity contribution in [2.45, 2.75) is 60.0 Å². The van der Waals surface area contributed by atoms with Crippen LogP contribution in [0.1, 0.15) is 53.9 Å². The Morgan fingerprint density at radius 1 is 1.29 bits per heavy atom. The third kappa shape index (κ3) is 22.5. The fraction of sp³-hybridized carbons (Fsp3) is 0.909. The molecule has 3 heteroatoms. The molecule has 1 rings (SSSR count). The second-order valence-electron chi connectivity index (χ2n) is 3.05. The summed E-state index contributed by atoms with van der Waals surface area (Å²) >= 11 is 0. The molecule has 0 aromatic heterocycles. The number of hydrogen-bond donors (Lipinski definition) is 1. The summed E-state index contributed by atoms with van der Waals surface area (Å²) in [6.07, 6.45) is 4.13. The molecule has 86 valence electrons. The molecule has 1 fully saturated rings. The first kappa shape index (κ1) is 15.7. The Morgan fingerprint density at radius 3 is 1.93 bits per heavy atom. The minimum Gasteiger partial charge on any atom is -0.447 e. The molecule has 0 aliphatic heterocycles. The lowest BCUT2D eigenvalue weighted by molar-refractivity contribution is 0.116. The summed E-state index contributed by atoms with van der Waals surface area (Å²) in [5, 5.41) is 2.52. The van der Waals surface area contributed by atoms with E-state index < -0.39 is 0 Å². The Balaban J connectivity index is 0. The number of amides is 1. The summed E-state index contributed by atoms with van der Waals surface area (Å²) < 4.78 is 4.74. The van der Waals surface area contributed by atoms with E-state index in [1.54, 1.807) is 0 Å². The van der Waals surface area contributed by atoms with Crippen molar-refractivity contribution in [2.24, 2.45) is 0 Å². The van der Waals surface area contributed by atoms with E-state index in [1.165, 1.54) is 19.3 Å². The van der Waals surface area contributed by atoms with E-state index in [2.05, 4.69) is 5.32 Å². The monoisotopic (exact) mass is 203 g/mol. The zero-order valence-corrected chi connectivity index (χ0v) is 10.2. The number of nitrogens with one attached hydrogen (secondary N) is 1. The highest BCUT2D eigenvalue weighted by Crippen LogP contribution is 2.14. The second-order valence-corrected chi connectivity index (χ2v) is 3.05. The van der Waals surface area contributed by atoms with Gasteiger partial charge in [0.15, 0.2) is 0 Å². The zero-order chi connectivity index (χ0) is 11.4. The average Bonchev–Trinajstić information content (AvgIpc) is 2.92. The van der Waals surface area contributed by atoms with Gasteiger partial charge in [-0.25, -0.2) is 4.79 Å². The van der Waals surface area contributed by atoms with Crippen LogP contribution in [0.25, 0.3) is 0 Å². The maximum Gasteiger partial charge on any atom is 0.407 e. The molecular formula is C11H25NO2. The molecule has 0 aromatic rings. The van der Waals surface area contributed by atoms with Crippen LogP contribution >= 0.6 is 0 Å². The van der Waals surface area contributed by atoms with Gasteiger partial charge in [-0.1, -0.05) is 33.1 Å². The molecule has 0 radical (unpaired) electrons. The first-order valence-electron chi connectivity index (χ1n) is 5.61. The zero-order valence-electron chi connectivity index (χ0n) is 10.2. The van der Waals surface area contributed by atoms with Crippen LogP contribution in [0.15, 0.2) is 0 Å². The van der Waals surface area contributed by atoms with E-state index in [0.717, 1.165) is 0 Å². The van der Waals surface area contributed by atoms with Crippen molar-refractivity contribution >= 4 is 6.09 Å². The Labute approximate surface area is 88.2 Å². The van der Waals surface area contributed by atoms with Crippen LogP contribution in [0, 0.1) is 0 Å². The normalized spacial score (nSPS) is 11.6. The number of ether oxygens (including phenoxy) is 1. The van der Waals surface area contributed by atoms with Crippen molar-refractivity contribution in [1.29, 1.82) is 0 Å². The number of alkyl carbamates (subject to hydrolysis) is 1. The molecule has 1 N–H and O–H groups in total. The van der Waals surface area contributed by atoms with Crippen molar-refractivity contribution in [3.63, 3.8) is 0 Å². The Morgan fingerprint density at radius 2 is 1.71 bits per heavy atom. The van der Waals surface area contributed by atoms with Gasteiger partial charge in [-0.3, -0.25) is 0 Å². The summed E-state index contributed by atoms with van der Waals surface area (Å²) in [4.78, 5) is 10.5. The smallest absolute Gasteiger partial charge is 0.407 e. The quantitative estimate of drug-likeness (QED) is 0.747. The van der Waals surface area contributed by atoms with E-state index in [1.807, 2.05) is 34.6 Å². The van der Waals surface area contributed by atoms with Crippen LogP contribution in [0.5, 0.6) is 0 Å². The third-order valence-electron chi connectivity index (χ3n) is 1.02. The molecule has 0 saturated heterocycles. The van der Waals surface area contributed by atoms with Crippen LogP contribution in [0.2, 0.25) is 0 Å². The maximum atomic E-state index is 10.5. The minimum absolute atomic E-state index is 0.0310. The van der Waals surface area contributed by atoms with Gasteiger partial charge in [-0.05, 0) is 20.8 Å². The highest BCUT2D eigenvalue weighted by Gasteiger charge is 2.00. The van der Waals surface area contributed by atoms with Gasteiger partial charge < -0.3 is 10.1 Å². The molecule has 1 saturated carbocycles. The molecule has 0 heterocycles. The molecule has 1 amide bonds. The lowest BCUT2D eigenvalue weighted by atomic mass is 10.5. The molecule has 1 aliphatic carbocycles. The summed E-state index contributed by atoms with van der Waals surface area (Å²) in [7, 11) is 0. The summed E-state index contributed by atoms with van der Waals surface area (Å²) in [6.45, 7) is 10.1. The molecule has 0 aromatic carbocycles. The number of hydrogen-bond acceptors (Lipinski definition) is 2. The molecular weight excluding hydrogens is 178 g/mol. The fourth-order valence-corrected chi connectivity index (χ4v) is 0.400. The van der Waals surface area contributed by atoms with Crippen LogP contribution in [-0.2, 0) is 4.74 Å². The van der Waals surface area contributed by atoms with Crippen LogP contribution in [0.4, 0.5) is 4.79 Å². The van der Waals surface area contributed by atoms with Gasteiger partial charge in [-0.2, -0.15) is 0 Å². The average molecular weight is 203 g/mol. The van der Waals surface area contributed by atoms with Crippen LogP contribution in [-0.4, -0.2) is 18.7 Å². The first-order valence-corrected chi connectivity index (χ1v) is 5.61. The molecule has 1 aliphatic rings. The van der Waals surface area contributed by atoms with E-state index in [-0.39, 0.29) is 12.2 Å². The van der Waals surface area contributed by atoms with Crippen molar-refractivity contribution in [2.75, 3.05) is 6.54 Å². The van der Waals surface area contributed by atoms with Crippen molar-refractivity contribution < 1.29 is 9.53 Å². The largest absolute Gasteiger partial charge is 0.447 e. The third-order valence-corrected chi connectivity index (χ3v) is 1.02. The van der Waals surface area contributed by atoms with E-state index in [9.17, 15) is 4.79 Å². The van der Waals surface area contributed by atoms with Gasteiger partial charge in [0.1, 0.15) is 0 Å². The number of carbonyl (C=O) groups excluding carboxylic acids is 1. The Hall–Kier alpha value is -0.730. The van der Waals surface area contributed by atoms with Crippen molar-refractivity contribution in [1.82, 2.24) is 5.32 Å². The second kappa shape index (κ2) is 12.3. The van der Waals surface area contributed by atoms with Gasteiger partial charge >= 0.3 is 6.09 Å². The molecule has 0 unspecified atom stereocenters. The lowest BCUT2D eigenvalue weighted by Gasteiger charge is -2.06. The Bertz CT molecular complexity index is 120. The summed E-state index contributed by atoms with van der Waals surface area (Å²) in [6, 6.07) is 0. The van der Waals surface area contributed by atoms with E-state index in [4.69, 9.17) is 4.74 Å². The topological polar surface area (TPSA) is 38.3 Å². The molecule has 0 spiro atoms. The van der Waals surface area contributed by atoms with Gasteiger partial charge in [-0.15, -0.1) is 0 Å². The molecule has 3 nitrogen and oxygen atoms in total. The minimum atomic E-state index is -0.340. The highest BCUT2D eigenvalue weighted by atomic mass is 16.6. The predicted molar refractivity (Wildman–Crippen MR) is 60.5 cm³/mol. The van der Waals surface area contributed by atoms with Crippen LogP contribution < -0.4 is 5.32 Å². The molecule has 14 heavy (non-hydrogen) atoms. The summed E-state index contributed by atoms with van der Waals surface area (Å²) in [5.74, 6) is 0. The van der Waals surface area contributed by atoms with Crippen LogP contribution in [0.3, 0.4) is 0 Å².